The highest BCUT2D eigenvalue weighted by atomic mass is 32.2. The van der Waals surface area contributed by atoms with Crippen LogP contribution < -0.4 is 14.8 Å². The van der Waals surface area contributed by atoms with E-state index < -0.39 is 0 Å². The number of aromatic nitrogens is 3. The molecular formula is C23H22N4O2S. The first-order chi connectivity index (χ1) is 14.7. The van der Waals surface area contributed by atoms with Gasteiger partial charge in [-0.2, -0.15) is 0 Å². The normalized spacial score (nSPS) is 13.3. The monoisotopic (exact) mass is 418 g/mol. The van der Waals surface area contributed by atoms with Crippen LogP contribution in [-0.4, -0.2) is 35.1 Å². The summed E-state index contributed by atoms with van der Waals surface area (Å²) in [5, 5.41) is 4.32. The van der Waals surface area contributed by atoms with Crippen LogP contribution in [0.3, 0.4) is 0 Å². The van der Waals surface area contributed by atoms with Crippen molar-refractivity contribution in [2.24, 2.45) is 0 Å². The van der Waals surface area contributed by atoms with Crippen molar-refractivity contribution in [2.45, 2.75) is 23.0 Å². The minimum atomic E-state index is 0.677. The molecule has 0 unspecified atom stereocenters. The molecule has 1 aliphatic rings. The van der Waals surface area contributed by atoms with Gasteiger partial charge in [-0.3, -0.25) is 4.40 Å². The van der Waals surface area contributed by atoms with Gasteiger partial charge < -0.3 is 14.8 Å². The Morgan fingerprint density at radius 3 is 2.77 bits per heavy atom. The molecule has 7 heteroatoms. The zero-order chi connectivity index (χ0) is 20.5. The number of ether oxygens (including phenoxy) is 2. The zero-order valence-electron chi connectivity index (χ0n) is 16.9. The van der Waals surface area contributed by atoms with Crippen molar-refractivity contribution in [2.75, 3.05) is 20.8 Å². The van der Waals surface area contributed by atoms with Crippen LogP contribution in [0.5, 0.6) is 11.5 Å². The Bertz CT molecular complexity index is 1220. The summed E-state index contributed by atoms with van der Waals surface area (Å²) in [5.74, 6) is 1.37. The van der Waals surface area contributed by atoms with Gasteiger partial charge in [0.25, 0.3) is 0 Å². The van der Waals surface area contributed by atoms with Gasteiger partial charge in [0.1, 0.15) is 5.65 Å². The van der Waals surface area contributed by atoms with Gasteiger partial charge in [-0.05, 0) is 54.4 Å². The molecule has 152 valence electrons. The predicted octanol–water partition coefficient (Wildman–Crippen LogP) is 4.21. The van der Waals surface area contributed by atoms with Crippen LogP contribution in [0.2, 0.25) is 0 Å². The lowest BCUT2D eigenvalue weighted by molar-refractivity contribution is 0.355. The number of rotatable bonds is 5. The number of imidazole rings is 1. The van der Waals surface area contributed by atoms with E-state index >= 15 is 0 Å². The molecule has 1 N–H and O–H groups in total. The number of methoxy groups -OCH3 is 2. The standard InChI is InChI=1S/C23H22N4O2S/c1-28-20-6-4-16(12-21(20)29-2)19-13-22-25-9-10-27(22)23(26-19)30-18-5-3-15-7-8-24-14-17(15)11-18/h3-6,9-13,24H,7-8,14H2,1-2H3. The zero-order valence-corrected chi connectivity index (χ0v) is 17.7. The summed E-state index contributed by atoms with van der Waals surface area (Å²) in [6.45, 7) is 1.97. The Kier molecular flexibility index (Phi) is 5.06. The van der Waals surface area contributed by atoms with Gasteiger partial charge in [0.2, 0.25) is 0 Å². The molecule has 5 rings (SSSR count). The largest absolute Gasteiger partial charge is 0.493 e. The number of benzene rings is 2. The number of hydrogen-bond acceptors (Lipinski definition) is 6. The van der Waals surface area contributed by atoms with Crippen LogP contribution in [0.15, 0.2) is 64.9 Å². The lowest BCUT2D eigenvalue weighted by Crippen LogP contribution is -2.23. The van der Waals surface area contributed by atoms with Crippen LogP contribution >= 0.6 is 11.8 Å². The van der Waals surface area contributed by atoms with E-state index in [0.717, 1.165) is 41.6 Å². The summed E-state index contributed by atoms with van der Waals surface area (Å²) >= 11 is 1.65. The molecule has 0 fully saturated rings. The van der Waals surface area contributed by atoms with Crippen molar-refractivity contribution in [1.29, 1.82) is 0 Å². The third kappa shape index (κ3) is 3.51. The van der Waals surface area contributed by atoms with Gasteiger partial charge in [-0.15, -0.1) is 0 Å². The van der Waals surface area contributed by atoms with Gasteiger partial charge in [0.05, 0.1) is 19.9 Å². The average Bonchev–Trinajstić information content (AvgIpc) is 3.27. The SMILES string of the molecule is COc1ccc(-c2cc3nccn3c(Sc3ccc4c(c3)CNCC4)n2)cc1OC. The van der Waals surface area contributed by atoms with E-state index in [4.69, 9.17) is 14.5 Å². The number of fused-ring (bicyclic) bond motifs is 2. The van der Waals surface area contributed by atoms with Gasteiger partial charge in [0.15, 0.2) is 16.7 Å². The lowest BCUT2D eigenvalue weighted by Gasteiger charge is -2.17. The summed E-state index contributed by atoms with van der Waals surface area (Å²) in [5.41, 5.74) is 5.45. The van der Waals surface area contributed by atoms with E-state index in [-0.39, 0.29) is 0 Å². The van der Waals surface area contributed by atoms with Crippen LogP contribution in [0, 0.1) is 0 Å². The minimum absolute atomic E-state index is 0.677. The van der Waals surface area contributed by atoms with E-state index in [9.17, 15) is 0 Å². The molecule has 3 heterocycles. The van der Waals surface area contributed by atoms with E-state index in [2.05, 4.69) is 28.5 Å². The third-order valence-corrected chi connectivity index (χ3v) is 6.27. The molecule has 2 aromatic heterocycles. The Balaban J connectivity index is 1.55. The molecule has 0 atom stereocenters. The molecule has 6 nitrogen and oxygen atoms in total. The topological polar surface area (TPSA) is 60.7 Å². The number of hydrogen-bond donors (Lipinski definition) is 1. The van der Waals surface area contributed by atoms with Gasteiger partial charge in [-0.1, -0.05) is 17.8 Å². The summed E-state index contributed by atoms with van der Waals surface area (Å²) in [4.78, 5) is 10.6. The highest BCUT2D eigenvalue weighted by molar-refractivity contribution is 7.99. The molecule has 0 saturated carbocycles. The first kappa shape index (κ1) is 19.0. The summed E-state index contributed by atoms with van der Waals surface area (Å²) in [7, 11) is 3.27. The first-order valence-electron chi connectivity index (χ1n) is 9.82. The van der Waals surface area contributed by atoms with Crippen molar-refractivity contribution < 1.29 is 9.47 Å². The van der Waals surface area contributed by atoms with Gasteiger partial charge in [-0.25, -0.2) is 9.97 Å². The molecule has 0 radical (unpaired) electrons. The Labute approximate surface area is 179 Å². The van der Waals surface area contributed by atoms with Crippen molar-refractivity contribution >= 4 is 17.4 Å². The maximum atomic E-state index is 5.46. The molecule has 0 saturated heterocycles. The molecule has 0 spiro atoms. The van der Waals surface area contributed by atoms with Crippen molar-refractivity contribution in [1.82, 2.24) is 19.7 Å². The molecule has 2 aromatic carbocycles. The van der Waals surface area contributed by atoms with E-state index in [0.29, 0.717) is 11.5 Å². The fourth-order valence-electron chi connectivity index (χ4n) is 3.74. The van der Waals surface area contributed by atoms with Crippen LogP contribution in [-0.2, 0) is 13.0 Å². The number of nitrogens with one attached hydrogen (secondary N) is 1. The predicted molar refractivity (Wildman–Crippen MR) is 118 cm³/mol. The molecule has 1 aliphatic heterocycles. The van der Waals surface area contributed by atoms with Crippen molar-refractivity contribution in [3.63, 3.8) is 0 Å². The minimum Gasteiger partial charge on any atom is -0.493 e. The second kappa shape index (κ2) is 8.01. The van der Waals surface area contributed by atoms with E-state index in [1.165, 1.54) is 16.0 Å². The summed E-state index contributed by atoms with van der Waals surface area (Å²) in [6.07, 6.45) is 4.83. The Morgan fingerprint density at radius 1 is 1.00 bits per heavy atom. The Morgan fingerprint density at radius 2 is 1.90 bits per heavy atom. The molecule has 30 heavy (non-hydrogen) atoms. The van der Waals surface area contributed by atoms with Crippen LogP contribution in [0.25, 0.3) is 16.9 Å². The number of nitrogens with zero attached hydrogens (tertiary/aromatic N) is 3. The van der Waals surface area contributed by atoms with E-state index in [1.54, 1.807) is 32.2 Å². The second-order valence-electron chi connectivity index (χ2n) is 7.11. The highest BCUT2D eigenvalue weighted by Crippen LogP contribution is 2.34. The third-order valence-electron chi connectivity index (χ3n) is 5.31. The average molecular weight is 419 g/mol. The van der Waals surface area contributed by atoms with Crippen LogP contribution in [0.1, 0.15) is 11.1 Å². The summed E-state index contributed by atoms with van der Waals surface area (Å²) in [6, 6.07) is 14.5. The van der Waals surface area contributed by atoms with Gasteiger partial charge in [0, 0.05) is 35.5 Å². The molecule has 0 aliphatic carbocycles. The van der Waals surface area contributed by atoms with E-state index in [1.807, 2.05) is 34.9 Å². The van der Waals surface area contributed by atoms with Crippen molar-refractivity contribution in [3.8, 4) is 22.8 Å². The highest BCUT2D eigenvalue weighted by Gasteiger charge is 2.14. The van der Waals surface area contributed by atoms with Gasteiger partial charge >= 0.3 is 0 Å². The maximum absolute atomic E-state index is 5.46. The Hall–Kier alpha value is -3.03. The second-order valence-corrected chi connectivity index (χ2v) is 8.15. The fourth-order valence-corrected chi connectivity index (χ4v) is 4.68. The molecular weight excluding hydrogens is 396 g/mol. The fraction of sp³-hybridized carbons (Fsp3) is 0.217. The summed E-state index contributed by atoms with van der Waals surface area (Å²) < 4.78 is 12.8. The molecule has 4 aromatic rings. The smallest absolute Gasteiger partial charge is 0.179 e. The first-order valence-corrected chi connectivity index (χ1v) is 10.6. The lowest BCUT2D eigenvalue weighted by atomic mass is 10.0. The molecule has 0 amide bonds. The maximum Gasteiger partial charge on any atom is 0.179 e. The molecule has 0 bridgehead atoms. The van der Waals surface area contributed by atoms with Crippen molar-refractivity contribution in [3.05, 3.63) is 66.0 Å². The quantitative estimate of drug-likeness (QED) is 0.490. The van der Waals surface area contributed by atoms with Crippen LogP contribution in [0.4, 0.5) is 0 Å².